The quantitative estimate of drug-likeness (QED) is 0.880. The molecule has 0 saturated carbocycles. The second-order valence-corrected chi connectivity index (χ2v) is 5.53. The van der Waals surface area contributed by atoms with E-state index in [9.17, 15) is 4.79 Å². The van der Waals surface area contributed by atoms with Gasteiger partial charge in [-0.15, -0.1) is 11.3 Å². The third-order valence-corrected chi connectivity index (χ3v) is 3.68. The Morgan fingerprint density at radius 3 is 2.84 bits per heavy atom. The summed E-state index contributed by atoms with van der Waals surface area (Å²) in [6, 6.07) is 7.87. The maximum Gasteiger partial charge on any atom is 0.224 e. The molecular formula is C14H17N3OS. The van der Waals surface area contributed by atoms with Crippen LogP contribution in [0.4, 0.5) is 5.69 Å². The van der Waals surface area contributed by atoms with E-state index in [-0.39, 0.29) is 5.91 Å². The fourth-order valence-corrected chi connectivity index (χ4v) is 2.51. The molecule has 19 heavy (non-hydrogen) atoms. The highest BCUT2D eigenvalue weighted by atomic mass is 32.1. The van der Waals surface area contributed by atoms with Gasteiger partial charge in [0.15, 0.2) is 0 Å². The maximum absolute atomic E-state index is 11.5. The Morgan fingerprint density at radius 2 is 2.16 bits per heavy atom. The number of likely N-dealkylation sites (N-methyl/N-ethyl adjacent to an activating group) is 1. The fourth-order valence-electron chi connectivity index (χ4n) is 1.78. The summed E-state index contributed by atoms with van der Waals surface area (Å²) in [4.78, 5) is 16.9. The number of para-hydroxylation sites is 1. The van der Waals surface area contributed by atoms with Crippen LogP contribution in [-0.4, -0.2) is 17.9 Å². The third kappa shape index (κ3) is 3.79. The van der Waals surface area contributed by atoms with E-state index < -0.39 is 0 Å². The van der Waals surface area contributed by atoms with Gasteiger partial charge in [0.25, 0.3) is 0 Å². The van der Waals surface area contributed by atoms with Gasteiger partial charge in [-0.1, -0.05) is 18.2 Å². The van der Waals surface area contributed by atoms with E-state index in [1.165, 1.54) is 4.88 Å². The Kier molecular flexibility index (Phi) is 4.52. The SMILES string of the molecule is CNC(=O)Cc1ccccc1NCc1cnc(C)s1. The number of hydrogen-bond acceptors (Lipinski definition) is 4. The molecule has 0 saturated heterocycles. The van der Waals surface area contributed by atoms with E-state index in [1.54, 1.807) is 18.4 Å². The van der Waals surface area contributed by atoms with E-state index in [0.29, 0.717) is 6.42 Å². The lowest BCUT2D eigenvalue weighted by atomic mass is 10.1. The molecule has 0 aliphatic heterocycles. The second-order valence-electron chi connectivity index (χ2n) is 4.21. The number of anilines is 1. The van der Waals surface area contributed by atoms with Crippen LogP contribution in [0, 0.1) is 6.92 Å². The molecule has 2 N–H and O–H groups in total. The summed E-state index contributed by atoms with van der Waals surface area (Å²) in [6.45, 7) is 2.73. The molecule has 2 aromatic rings. The lowest BCUT2D eigenvalue weighted by Crippen LogP contribution is -2.20. The van der Waals surface area contributed by atoms with E-state index in [2.05, 4.69) is 15.6 Å². The highest BCUT2D eigenvalue weighted by Crippen LogP contribution is 2.18. The van der Waals surface area contributed by atoms with Gasteiger partial charge in [0.05, 0.1) is 18.0 Å². The predicted octanol–water partition coefficient (Wildman–Crippen LogP) is 2.35. The summed E-state index contributed by atoms with van der Waals surface area (Å²) >= 11 is 1.68. The van der Waals surface area contributed by atoms with Crippen molar-refractivity contribution < 1.29 is 4.79 Å². The van der Waals surface area contributed by atoms with Crippen LogP contribution < -0.4 is 10.6 Å². The molecule has 1 aromatic carbocycles. The van der Waals surface area contributed by atoms with Gasteiger partial charge in [-0.25, -0.2) is 4.98 Å². The summed E-state index contributed by atoms with van der Waals surface area (Å²) in [6.07, 6.45) is 2.27. The van der Waals surface area contributed by atoms with Crippen LogP contribution in [0.3, 0.4) is 0 Å². The average Bonchev–Trinajstić information content (AvgIpc) is 2.83. The second kappa shape index (κ2) is 6.33. The fraction of sp³-hybridized carbons (Fsp3) is 0.286. The maximum atomic E-state index is 11.5. The molecule has 1 amide bonds. The van der Waals surface area contributed by atoms with Gasteiger partial charge in [-0.3, -0.25) is 4.79 Å². The Balaban J connectivity index is 2.05. The first-order chi connectivity index (χ1) is 9.19. The van der Waals surface area contributed by atoms with Crippen molar-refractivity contribution in [3.63, 3.8) is 0 Å². The van der Waals surface area contributed by atoms with Crippen LogP contribution in [0.5, 0.6) is 0 Å². The highest BCUT2D eigenvalue weighted by Gasteiger charge is 2.06. The molecule has 0 unspecified atom stereocenters. The third-order valence-electron chi connectivity index (χ3n) is 2.77. The van der Waals surface area contributed by atoms with E-state index in [1.807, 2.05) is 37.4 Å². The van der Waals surface area contributed by atoms with Crippen molar-refractivity contribution in [3.05, 3.63) is 45.9 Å². The lowest BCUT2D eigenvalue weighted by molar-refractivity contribution is -0.119. The minimum atomic E-state index is 0.0166. The minimum Gasteiger partial charge on any atom is -0.380 e. The molecule has 0 aliphatic rings. The van der Waals surface area contributed by atoms with Crippen molar-refractivity contribution in [1.82, 2.24) is 10.3 Å². The molecule has 100 valence electrons. The van der Waals surface area contributed by atoms with Crippen molar-refractivity contribution in [1.29, 1.82) is 0 Å². The number of rotatable bonds is 5. The van der Waals surface area contributed by atoms with Crippen molar-refractivity contribution in [2.24, 2.45) is 0 Å². The Morgan fingerprint density at radius 1 is 1.37 bits per heavy atom. The van der Waals surface area contributed by atoms with Gasteiger partial charge < -0.3 is 10.6 Å². The molecule has 5 heteroatoms. The molecule has 0 bridgehead atoms. The smallest absolute Gasteiger partial charge is 0.224 e. The van der Waals surface area contributed by atoms with Crippen LogP contribution in [0.1, 0.15) is 15.4 Å². The molecule has 4 nitrogen and oxygen atoms in total. The first kappa shape index (κ1) is 13.5. The number of hydrogen-bond donors (Lipinski definition) is 2. The molecular weight excluding hydrogens is 258 g/mol. The molecule has 2 rings (SSSR count). The summed E-state index contributed by atoms with van der Waals surface area (Å²) in [7, 11) is 1.65. The van der Waals surface area contributed by atoms with Crippen LogP contribution >= 0.6 is 11.3 Å². The highest BCUT2D eigenvalue weighted by molar-refractivity contribution is 7.11. The first-order valence-electron chi connectivity index (χ1n) is 6.12. The van der Waals surface area contributed by atoms with Gasteiger partial charge >= 0.3 is 0 Å². The predicted molar refractivity (Wildman–Crippen MR) is 78.4 cm³/mol. The monoisotopic (exact) mass is 275 g/mol. The number of nitrogens with zero attached hydrogens (tertiary/aromatic N) is 1. The van der Waals surface area contributed by atoms with Crippen LogP contribution in [0.25, 0.3) is 0 Å². The summed E-state index contributed by atoms with van der Waals surface area (Å²) in [5.74, 6) is 0.0166. The van der Waals surface area contributed by atoms with Crippen LogP contribution in [0.15, 0.2) is 30.5 Å². The standard InChI is InChI=1S/C14H17N3OS/c1-10-16-8-12(19-10)9-17-13-6-4-3-5-11(13)7-14(18)15-2/h3-6,8,17H,7,9H2,1-2H3,(H,15,18). The molecule has 0 aliphatic carbocycles. The number of nitrogens with one attached hydrogen (secondary N) is 2. The zero-order valence-corrected chi connectivity index (χ0v) is 11.9. The molecule has 0 radical (unpaired) electrons. The van der Waals surface area contributed by atoms with Crippen molar-refractivity contribution >= 4 is 22.9 Å². The number of amides is 1. The number of aryl methyl sites for hydroxylation is 1. The lowest BCUT2D eigenvalue weighted by Gasteiger charge is -2.10. The number of benzene rings is 1. The molecule has 0 atom stereocenters. The van der Waals surface area contributed by atoms with Crippen LogP contribution in [0.2, 0.25) is 0 Å². The van der Waals surface area contributed by atoms with E-state index in [4.69, 9.17) is 0 Å². The average molecular weight is 275 g/mol. The minimum absolute atomic E-state index is 0.0166. The Labute approximate surface area is 116 Å². The summed E-state index contributed by atoms with van der Waals surface area (Å²) in [5.41, 5.74) is 2.00. The zero-order valence-electron chi connectivity index (χ0n) is 11.1. The largest absolute Gasteiger partial charge is 0.380 e. The van der Waals surface area contributed by atoms with Gasteiger partial charge in [-0.2, -0.15) is 0 Å². The zero-order chi connectivity index (χ0) is 13.7. The first-order valence-corrected chi connectivity index (χ1v) is 6.94. The Hall–Kier alpha value is -1.88. The van der Waals surface area contributed by atoms with Crippen LogP contribution in [-0.2, 0) is 17.8 Å². The number of carbonyl (C=O) groups is 1. The normalized spacial score (nSPS) is 10.2. The van der Waals surface area contributed by atoms with E-state index in [0.717, 1.165) is 22.8 Å². The van der Waals surface area contributed by atoms with E-state index >= 15 is 0 Å². The van der Waals surface area contributed by atoms with Crippen molar-refractivity contribution in [2.75, 3.05) is 12.4 Å². The van der Waals surface area contributed by atoms with Crippen molar-refractivity contribution in [3.8, 4) is 0 Å². The van der Waals surface area contributed by atoms with Gasteiger partial charge in [-0.05, 0) is 18.6 Å². The summed E-state index contributed by atoms with van der Waals surface area (Å²) in [5, 5.41) is 7.07. The number of aromatic nitrogens is 1. The van der Waals surface area contributed by atoms with Gasteiger partial charge in [0.1, 0.15) is 0 Å². The molecule has 0 fully saturated rings. The number of thiazole rings is 1. The Bertz CT molecular complexity index is 565. The van der Waals surface area contributed by atoms with Crippen molar-refractivity contribution in [2.45, 2.75) is 19.9 Å². The molecule has 0 spiro atoms. The molecule has 1 heterocycles. The summed E-state index contributed by atoms with van der Waals surface area (Å²) < 4.78 is 0. The topological polar surface area (TPSA) is 54.0 Å². The number of carbonyl (C=O) groups excluding carboxylic acids is 1. The van der Waals surface area contributed by atoms with Gasteiger partial charge in [0, 0.05) is 23.8 Å². The van der Waals surface area contributed by atoms with Gasteiger partial charge in [0.2, 0.25) is 5.91 Å². The molecule has 1 aromatic heterocycles.